The molecule has 0 aliphatic rings. The molecule has 0 spiro atoms. The number of halogens is 1. The molecule has 0 aliphatic carbocycles. The molecular weight excluding hydrogens is 300 g/mol. The van der Waals surface area contributed by atoms with Crippen LogP contribution in [0.4, 0.5) is 5.69 Å². The Kier molecular flexibility index (Phi) is 6.24. The lowest BCUT2D eigenvalue weighted by Gasteiger charge is -2.10. The van der Waals surface area contributed by atoms with Gasteiger partial charge in [-0.25, -0.2) is 0 Å². The van der Waals surface area contributed by atoms with Gasteiger partial charge in [-0.15, -0.1) is 0 Å². The number of nitrogens with one attached hydrogen (secondary N) is 1. The third-order valence-corrected chi connectivity index (χ3v) is 2.94. The van der Waals surface area contributed by atoms with Crippen molar-refractivity contribution in [2.45, 2.75) is 32.4 Å². The SMILES string of the molecule is CCCC(O)CNCc1cc(Br)cc([N+](=O)[O-])c1. The van der Waals surface area contributed by atoms with Gasteiger partial charge in [0.25, 0.3) is 5.69 Å². The number of nitro groups is 1. The number of benzene rings is 1. The Bertz CT molecular complexity index is 412. The molecule has 0 saturated carbocycles. The molecule has 0 saturated heterocycles. The maximum absolute atomic E-state index is 10.7. The molecule has 6 heteroatoms. The van der Waals surface area contributed by atoms with Gasteiger partial charge in [-0.2, -0.15) is 0 Å². The predicted octanol–water partition coefficient (Wildman–Crippen LogP) is 2.61. The van der Waals surface area contributed by atoms with E-state index in [1.54, 1.807) is 0 Å². The Balaban J connectivity index is 2.54. The van der Waals surface area contributed by atoms with Gasteiger partial charge in [0, 0.05) is 29.7 Å². The van der Waals surface area contributed by atoms with Crippen molar-refractivity contribution in [2.24, 2.45) is 0 Å². The smallest absolute Gasteiger partial charge is 0.270 e. The average molecular weight is 317 g/mol. The van der Waals surface area contributed by atoms with Crippen LogP contribution in [0.25, 0.3) is 0 Å². The number of aliphatic hydroxyl groups excluding tert-OH is 1. The highest BCUT2D eigenvalue weighted by Gasteiger charge is 2.09. The standard InChI is InChI=1S/C12H17BrN2O3/c1-2-3-12(16)8-14-7-9-4-10(13)6-11(5-9)15(17)18/h4-6,12,14,16H,2-3,7-8H2,1H3. The van der Waals surface area contributed by atoms with Crippen molar-refractivity contribution in [3.63, 3.8) is 0 Å². The lowest BCUT2D eigenvalue weighted by Crippen LogP contribution is -2.26. The Labute approximate surface area is 114 Å². The van der Waals surface area contributed by atoms with Crippen LogP contribution in [0, 0.1) is 10.1 Å². The molecule has 0 amide bonds. The van der Waals surface area contributed by atoms with Gasteiger partial charge in [-0.1, -0.05) is 29.3 Å². The third-order valence-electron chi connectivity index (χ3n) is 2.48. The normalized spacial score (nSPS) is 12.4. The molecule has 1 atom stereocenters. The maximum Gasteiger partial charge on any atom is 0.270 e. The molecule has 100 valence electrons. The van der Waals surface area contributed by atoms with Gasteiger partial charge in [-0.05, 0) is 18.1 Å². The number of hydrogen-bond donors (Lipinski definition) is 2. The van der Waals surface area contributed by atoms with E-state index in [9.17, 15) is 15.2 Å². The van der Waals surface area contributed by atoms with Gasteiger partial charge in [0.1, 0.15) is 0 Å². The van der Waals surface area contributed by atoms with Crippen LogP contribution in [0.5, 0.6) is 0 Å². The Hall–Kier alpha value is -0.980. The molecule has 0 aliphatic heterocycles. The van der Waals surface area contributed by atoms with E-state index in [0.717, 1.165) is 18.4 Å². The molecule has 0 fully saturated rings. The van der Waals surface area contributed by atoms with E-state index in [1.807, 2.05) is 13.0 Å². The molecule has 0 bridgehead atoms. The summed E-state index contributed by atoms with van der Waals surface area (Å²) < 4.78 is 0.683. The first kappa shape index (κ1) is 15.1. The minimum Gasteiger partial charge on any atom is -0.392 e. The van der Waals surface area contributed by atoms with Crippen LogP contribution in [-0.4, -0.2) is 22.7 Å². The van der Waals surface area contributed by atoms with Crippen molar-refractivity contribution in [2.75, 3.05) is 6.54 Å². The second-order valence-electron chi connectivity index (χ2n) is 4.15. The summed E-state index contributed by atoms with van der Waals surface area (Å²) in [5, 5.41) is 23.3. The second kappa shape index (κ2) is 7.45. The van der Waals surface area contributed by atoms with Crippen molar-refractivity contribution >= 4 is 21.6 Å². The lowest BCUT2D eigenvalue weighted by molar-refractivity contribution is -0.385. The van der Waals surface area contributed by atoms with E-state index >= 15 is 0 Å². The number of rotatable bonds is 7. The highest BCUT2D eigenvalue weighted by molar-refractivity contribution is 9.10. The van der Waals surface area contributed by atoms with Crippen LogP contribution in [0.15, 0.2) is 22.7 Å². The largest absolute Gasteiger partial charge is 0.392 e. The fraction of sp³-hybridized carbons (Fsp3) is 0.500. The second-order valence-corrected chi connectivity index (χ2v) is 5.06. The number of nitro benzene ring substituents is 1. The lowest BCUT2D eigenvalue weighted by atomic mass is 10.2. The van der Waals surface area contributed by atoms with E-state index in [-0.39, 0.29) is 11.8 Å². The Morgan fingerprint density at radius 2 is 2.22 bits per heavy atom. The molecule has 1 rings (SSSR count). The first-order valence-corrected chi connectivity index (χ1v) is 6.65. The predicted molar refractivity (Wildman–Crippen MR) is 73.4 cm³/mol. The molecule has 1 unspecified atom stereocenters. The summed E-state index contributed by atoms with van der Waals surface area (Å²) in [4.78, 5) is 10.3. The molecule has 0 radical (unpaired) electrons. The molecule has 1 aromatic rings. The summed E-state index contributed by atoms with van der Waals surface area (Å²) >= 11 is 3.25. The molecule has 1 aromatic carbocycles. The van der Waals surface area contributed by atoms with Crippen molar-refractivity contribution < 1.29 is 10.0 Å². The number of aliphatic hydroxyl groups is 1. The number of non-ortho nitro benzene ring substituents is 1. The van der Waals surface area contributed by atoms with Crippen LogP contribution in [0.3, 0.4) is 0 Å². The zero-order valence-electron chi connectivity index (χ0n) is 10.2. The topological polar surface area (TPSA) is 75.4 Å². The first-order chi connectivity index (χ1) is 8.52. The van der Waals surface area contributed by atoms with Crippen LogP contribution >= 0.6 is 15.9 Å². The molecule has 18 heavy (non-hydrogen) atoms. The van der Waals surface area contributed by atoms with Crippen molar-refractivity contribution in [1.82, 2.24) is 5.32 Å². The zero-order chi connectivity index (χ0) is 13.5. The Morgan fingerprint density at radius 3 is 2.83 bits per heavy atom. The van der Waals surface area contributed by atoms with E-state index in [0.29, 0.717) is 17.6 Å². The van der Waals surface area contributed by atoms with E-state index in [4.69, 9.17) is 0 Å². The average Bonchev–Trinajstić information content (AvgIpc) is 2.28. The highest BCUT2D eigenvalue weighted by Crippen LogP contribution is 2.21. The minimum atomic E-state index is -0.416. The first-order valence-electron chi connectivity index (χ1n) is 5.85. The van der Waals surface area contributed by atoms with Gasteiger partial charge < -0.3 is 10.4 Å². The van der Waals surface area contributed by atoms with Gasteiger partial charge in [0.15, 0.2) is 0 Å². The molecule has 5 nitrogen and oxygen atoms in total. The van der Waals surface area contributed by atoms with E-state index < -0.39 is 4.92 Å². The van der Waals surface area contributed by atoms with Crippen molar-refractivity contribution in [3.05, 3.63) is 38.3 Å². The summed E-state index contributed by atoms with van der Waals surface area (Å²) in [6.45, 7) is 3.01. The molecule has 2 N–H and O–H groups in total. The summed E-state index contributed by atoms with van der Waals surface area (Å²) in [6.07, 6.45) is 1.33. The van der Waals surface area contributed by atoms with Crippen molar-refractivity contribution in [3.8, 4) is 0 Å². The van der Waals surface area contributed by atoms with Gasteiger partial charge in [-0.3, -0.25) is 10.1 Å². The summed E-state index contributed by atoms with van der Waals surface area (Å²) in [5.74, 6) is 0. The van der Waals surface area contributed by atoms with E-state index in [1.165, 1.54) is 12.1 Å². The monoisotopic (exact) mass is 316 g/mol. The summed E-state index contributed by atoms with van der Waals surface area (Å²) in [7, 11) is 0. The van der Waals surface area contributed by atoms with Crippen LogP contribution in [0.1, 0.15) is 25.3 Å². The van der Waals surface area contributed by atoms with Crippen LogP contribution in [0.2, 0.25) is 0 Å². The quantitative estimate of drug-likeness (QED) is 0.599. The van der Waals surface area contributed by atoms with Gasteiger partial charge in [0.05, 0.1) is 11.0 Å². The Morgan fingerprint density at radius 1 is 1.50 bits per heavy atom. The molecule has 0 heterocycles. The molecular formula is C12H17BrN2O3. The zero-order valence-corrected chi connectivity index (χ0v) is 11.8. The third kappa shape index (κ3) is 5.12. The molecule has 0 aromatic heterocycles. The fourth-order valence-electron chi connectivity index (χ4n) is 1.66. The number of nitrogens with zero attached hydrogens (tertiary/aromatic N) is 1. The minimum absolute atomic E-state index is 0.0651. The van der Waals surface area contributed by atoms with Gasteiger partial charge >= 0.3 is 0 Å². The van der Waals surface area contributed by atoms with Crippen molar-refractivity contribution in [1.29, 1.82) is 0 Å². The summed E-state index contributed by atoms with van der Waals surface area (Å²) in [6, 6.07) is 4.82. The highest BCUT2D eigenvalue weighted by atomic mass is 79.9. The number of hydrogen-bond acceptors (Lipinski definition) is 4. The van der Waals surface area contributed by atoms with Crippen LogP contribution in [-0.2, 0) is 6.54 Å². The maximum atomic E-state index is 10.7. The van der Waals surface area contributed by atoms with E-state index in [2.05, 4.69) is 21.2 Å². The van der Waals surface area contributed by atoms with Gasteiger partial charge in [0.2, 0.25) is 0 Å². The van der Waals surface area contributed by atoms with Crippen LogP contribution < -0.4 is 5.32 Å². The summed E-state index contributed by atoms with van der Waals surface area (Å²) in [5.41, 5.74) is 0.884. The fourth-order valence-corrected chi connectivity index (χ4v) is 2.19.